The van der Waals surface area contributed by atoms with Gasteiger partial charge in [-0.25, -0.2) is 9.07 Å². The molecule has 146 valence electrons. The van der Waals surface area contributed by atoms with Gasteiger partial charge in [0.2, 0.25) is 0 Å². The number of rotatable bonds is 5. The zero-order chi connectivity index (χ0) is 20.9. The Morgan fingerprint density at radius 2 is 1.93 bits per heavy atom. The van der Waals surface area contributed by atoms with E-state index in [2.05, 4.69) is 11.1 Å². The molecule has 2 aromatic heterocycles. The van der Waals surface area contributed by atoms with Gasteiger partial charge in [0.1, 0.15) is 23.3 Å². The van der Waals surface area contributed by atoms with E-state index in [1.54, 1.807) is 48.3 Å². The van der Waals surface area contributed by atoms with Crippen molar-refractivity contribution < 1.29 is 9.13 Å². The van der Waals surface area contributed by atoms with Crippen LogP contribution in [0.3, 0.4) is 0 Å². The van der Waals surface area contributed by atoms with E-state index in [1.807, 2.05) is 36.5 Å². The summed E-state index contributed by atoms with van der Waals surface area (Å²) in [5.41, 5.74) is 3.93. The van der Waals surface area contributed by atoms with Gasteiger partial charge in [0, 0.05) is 23.5 Å². The largest absolute Gasteiger partial charge is 0.497 e. The van der Waals surface area contributed by atoms with E-state index < -0.39 is 0 Å². The highest BCUT2D eigenvalue weighted by Crippen LogP contribution is 2.29. The number of ether oxygens (including phenoxy) is 1. The second kappa shape index (κ2) is 8.41. The van der Waals surface area contributed by atoms with Crippen LogP contribution in [0.4, 0.5) is 4.39 Å². The zero-order valence-corrected chi connectivity index (χ0v) is 16.2. The molecule has 0 bridgehead atoms. The van der Waals surface area contributed by atoms with Gasteiger partial charge in [-0.15, -0.1) is 0 Å². The number of benzene rings is 2. The van der Waals surface area contributed by atoms with Crippen LogP contribution in [-0.4, -0.2) is 21.9 Å². The number of allylic oxidation sites excluding steroid dienone is 1. The Labute approximate surface area is 173 Å². The monoisotopic (exact) mass is 396 g/mol. The molecule has 0 amide bonds. The summed E-state index contributed by atoms with van der Waals surface area (Å²) in [7, 11) is 1.60. The highest BCUT2D eigenvalue weighted by molar-refractivity contribution is 5.91. The molecule has 0 aliphatic heterocycles. The van der Waals surface area contributed by atoms with Gasteiger partial charge in [-0.1, -0.05) is 18.2 Å². The minimum absolute atomic E-state index is 0.319. The predicted octanol–water partition coefficient (Wildman–Crippen LogP) is 5.15. The average molecular weight is 396 g/mol. The third-order valence-electron chi connectivity index (χ3n) is 4.54. The summed E-state index contributed by atoms with van der Waals surface area (Å²) < 4.78 is 20.3. The number of pyridine rings is 1. The van der Waals surface area contributed by atoms with Crippen molar-refractivity contribution in [3.8, 4) is 28.8 Å². The van der Waals surface area contributed by atoms with E-state index in [-0.39, 0.29) is 5.82 Å². The van der Waals surface area contributed by atoms with Crippen LogP contribution in [0.25, 0.3) is 28.6 Å². The molecule has 0 unspecified atom stereocenters. The quantitative estimate of drug-likeness (QED) is 0.438. The summed E-state index contributed by atoms with van der Waals surface area (Å²) in [5, 5.41) is 14.4. The first-order valence-electron chi connectivity index (χ1n) is 9.21. The van der Waals surface area contributed by atoms with Crippen LogP contribution in [0.1, 0.15) is 11.3 Å². The lowest BCUT2D eigenvalue weighted by Gasteiger charge is -2.04. The van der Waals surface area contributed by atoms with Crippen LogP contribution < -0.4 is 4.74 Å². The Morgan fingerprint density at radius 3 is 2.63 bits per heavy atom. The fourth-order valence-electron chi connectivity index (χ4n) is 3.05. The first-order valence-corrected chi connectivity index (χ1v) is 9.21. The maximum atomic E-state index is 13.3. The third kappa shape index (κ3) is 3.96. The molecule has 0 N–H and O–H groups in total. The molecule has 6 heteroatoms. The second-order valence-electron chi connectivity index (χ2n) is 6.47. The van der Waals surface area contributed by atoms with E-state index in [1.165, 1.54) is 12.1 Å². The number of methoxy groups -OCH3 is 1. The maximum absolute atomic E-state index is 13.3. The maximum Gasteiger partial charge on any atom is 0.123 e. The van der Waals surface area contributed by atoms with E-state index in [4.69, 9.17) is 9.84 Å². The van der Waals surface area contributed by atoms with Crippen molar-refractivity contribution >= 4 is 11.6 Å². The minimum atomic E-state index is -0.319. The molecule has 0 aliphatic carbocycles. The molecule has 2 heterocycles. The second-order valence-corrected chi connectivity index (χ2v) is 6.47. The number of hydrogen-bond acceptors (Lipinski definition) is 4. The van der Waals surface area contributed by atoms with Gasteiger partial charge in [0.25, 0.3) is 0 Å². The molecular formula is C24H17FN4O. The van der Waals surface area contributed by atoms with Gasteiger partial charge in [-0.05, 0) is 54.6 Å². The van der Waals surface area contributed by atoms with Crippen LogP contribution in [0.2, 0.25) is 0 Å². The molecule has 0 spiro atoms. The van der Waals surface area contributed by atoms with E-state index in [0.717, 1.165) is 11.1 Å². The topological polar surface area (TPSA) is 63.7 Å². The average Bonchev–Trinajstić information content (AvgIpc) is 3.22. The van der Waals surface area contributed by atoms with Crippen molar-refractivity contribution in [2.45, 2.75) is 0 Å². The van der Waals surface area contributed by atoms with Crippen molar-refractivity contribution in [3.63, 3.8) is 0 Å². The number of aromatic nitrogens is 3. The van der Waals surface area contributed by atoms with Crippen molar-refractivity contribution in [2.75, 3.05) is 7.11 Å². The summed E-state index contributed by atoms with van der Waals surface area (Å²) in [6.07, 6.45) is 5.21. The Balaban J connectivity index is 1.88. The van der Waals surface area contributed by atoms with Crippen LogP contribution in [0, 0.1) is 17.1 Å². The molecule has 0 radical (unpaired) electrons. The minimum Gasteiger partial charge on any atom is -0.497 e. The van der Waals surface area contributed by atoms with E-state index in [0.29, 0.717) is 28.4 Å². The molecule has 0 fully saturated rings. The van der Waals surface area contributed by atoms with Gasteiger partial charge in [0.05, 0.1) is 24.1 Å². The standard InChI is InChI=1S/C24H17FN4O/c1-30-22-6-4-5-17(14-22)24-19(13-18(15-26)23-7-2-3-12-27-23)16-29(28-24)21-10-8-20(25)9-11-21/h2-14,16H,1H3. The Kier molecular flexibility index (Phi) is 5.35. The molecule has 2 aromatic carbocycles. The Morgan fingerprint density at radius 1 is 1.10 bits per heavy atom. The lowest BCUT2D eigenvalue weighted by Crippen LogP contribution is -1.95. The molecule has 4 aromatic rings. The summed E-state index contributed by atoms with van der Waals surface area (Å²) in [5.74, 6) is 0.380. The fraction of sp³-hybridized carbons (Fsp3) is 0.0417. The number of nitriles is 1. The van der Waals surface area contributed by atoms with Crippen molar-refractivity contribution in [1.82, 2.24) is 14.8 Å². The van der Waals surface area contributed by atoms with Crippen molar-refractivity contribution in [1.29, 1.82) is 5.26 Å². The van der Waals surface area contributed by atoms with Crippen LogP contribution in [0.5, 0.6) is 5.75 Å². The first kappa shape index (κ1) is 19.1. The van der Waals surface area contributed by atoms with Gasteiger partial charge in [-0.3, -0.25) is 4.98 Å². The smallest absolute Gasteiger partial charge is 0.123 e. The highest BCUT2D eigenvalue weighted by atomic mass is 19.1. The van der Waals surface area contributed by atoms with Crippen LogP contribution >= 0.6 is 0 Å². The lowest BCUT2D eigenvalue weighted by molar-refractivity contribution is 0.415. The van der Waals surface area contributed by atoms with Crippen LogP contribution in [0.15, 0.2) is 79.1 Å². The van der Waals surface area contributed by atoms with Gasteiger partial charge in [-0.2, -0.15) is 10.4 Å². The van der Waals surface area contributed by atoms with E-state index >= 15 is 0 Å². The predicted molar refractivity (Wildman–Crippen MR) is 113 cm³/mol. The molecule has 4 rings (SSSR count). The SMILES string of the molecule is COc1cccc(-c2nn(-c3ccc(F)cc3)cc2C=C(C#N)c2ccccn2)c1. The number of hydrogen-bond donors (Lipinski definition) is 0. The molecule has 0 saturated carbocycles. The Hall–Kier alpha value is -4.24. The summed E-state index contributed by atoms with van der Waals surface area (Å²) in [4.78, 5) is 4.27. The van der Waals surface area contributed by atoms with E-state index in [9.17, 15) is 9.65 Å². The zero-order valence-electron chi connectivity index (χ0n) is 16.2. The molecular weight excluding hydrogens is 379 g/mol. The first-order chi connectivity index (χ1) is 14.7. The Bertz CT molecular complexity index is 1240. The summed E-state index contributed by atoms with van der Waals surface area (Å²) in [6.45, 7) is 0. The lowest BCUT2D eigenvalue weighted by atomic mass is 10.0. The van der Waals surface area contributed by atoms with Crippen LogP contribution in [-0.2, 0) is 0 Å². The van der Waals surface area contributed by atoms with Crippen molar-refractivity contribution in [3.05, 3.63) is 96.2 Å². The normalized spacial score (nSPS) is 11.2. The highest BCUT2D eigenvalue weighted by Gasteiger charge is 2.14. The summed E-state index contributed by atoms with van der Waals surface area (Å²) >= 11 is 0. The van der Waals surface area contributed by atoms with Gasteiger partial charge < -0.3 is 4.74 Å². The van der Waals surface area contributed by atoms with Gasteiger partial charge in [0.15, 0.2) is 0 Å². The van der Waals surface area contributed by atoms with Crippen molar-refractivity contribution in [2.24, 2.45) is 0 Å². The van der Waals surface area contributed by atoms with Gasteiger partial charge >= 0.3 is 0 Å². The molecule has 0 aliphatic rings. The number of halogens is 1. The molecule has 0 saturated heterocycles. The number of nitrogens with zero attached hydrogens (tertiary/aromatic N) is 4. The molecule has 5 nitrogen and oxygen atoms in total. The third-order valence-corrected chi connectivity index (χ3v) is 4.54. The summed E-state index contributed by atoms with van der Waals surface area (Å²) in [6, 6.07) is 21.2. The fourth-order valence-corrected chi connectivity index (χ4v) is 3.05. The molecule has 0 atom stereocenters. The molecule has 30 heavy (non-hydrogen) atoms.